The van der Waals surface area contributed by atoms with E-state index in [9.17, 15) is 9.59 Å². The van der Waals surface area contributed by atoms with Gasteiger partial charge in [-0.1, -0.05) is 84.3 Å². The number of unbranched alkanes of at least 4 members (excludes halogenated alkanes) is 11. The first-order valence-corrected chi connectivity index (χ1v) is 11.1. The Hall–Kier alpha value is -0.160. The standard InChI is InChI=1S/C23H43NO3.Na/c1-4-5-6-7-8-9-10-11-12-13-14-15-16-17-18-19-21(25)27-23(26)22(24)20(2)3;/h11-12,20,22H,4-10,13-19,24H2,1-3H3;/t22-;/m0./s1. The van der Waals surface area contributed by atoms with Crippen LogP contribution >= 0.6 is 0 Å². The number of ether oxygens (including phenoxy) is 1. The van der Waals surface area contributed by atoms with Gasteiger partial charge in [0.2, 0.25) is 0 Å². The number of nitrogens with two attached hydrogens (primary N) is 1. The fourth-order valence-corrected chi connectivity index (χ4v) is 2.84. The van der Waals surface area contributed by atoms with Crippen LogP contribution in [0.5, 0.6) is 0 Å². The molecule has 0 unspecified atom stereocenters. The largest absolute Gasteiger partial charge is 0.392 e. The van der Waals surface area contributed by atoms with E-state index in [1.54, 1.807) is 0 Å². The maximum Gasteiger partial charge on any atom is 0.330 e. The molecule has 0 saturated heterocycles. The van der Waals surface area contributed by atoms with E-state index in [2.05, 4.69) is 19.1 Å². The van der Waals surface area contributed by atoms with Crippen molar-refractivity contribution < 1.29 is 14.3 Å². The predicted molar refractivity (Wildman–Crippen MR) is 119 cm³/mol. The van der Waals surface area contributed by atoms with Crippen LogP contribution in [-0.2, 0) is 14.3 Å². The molecule has 2 N–H and O–H groups in total. The minimum Gasteiger partial charge on any atom is -0.392 e. The molecule has 0 bridgehead atoms. The van der Waals surface area contributed by atoms with E-state index < -0.39 is 18.0 Å². The molecule has 0 aliphatic carbocycles. The van der Waals surface area contributed by atoms with Gasteiger partial charge in [-0.15, -0.1) is 0 Å². The predicted octanol–water partition coefficient (Wildman–Crippen LogP) is 5.70. The number of hydrogen-bond acceptors (Lipinski definition) is 4. The summed E-state index contributed by atoms with van der Waals surface area (Å²) in [7, 11) is 0. The number of esters is 2. The van der Waals surface area contributed by atoms with Gasteiger partial charge in [0.25, 0.3) is 0 Å². The molecule has 5 heteroatoms. The maximum atomic E-state index is 11.6. The third-order valence-corrected chi connectivity index (χ3v) is 4.85. The van der Waals surface area contributed by atoms with Gasteiger partial charge in [-0.05, 0) is 38.0 Å². The smallest absolute Gasteiger partial charge is 0.330 e. The minimum absolute atomic E-state index is 0. The van der Waals surface area contributed by atoms with Crippen LogP contribution in [0.4, 0.5) is 0 Å². The van der Waals surface area contributed by atoms with Gasteiger partial charge in [-0.3, -0.25) is 4.79 Å². The summed E-state index contributed by atoms with van der Waals surface area (Å²) in [5.41, 5.74) is 5.66. The van der Waals surface area contributed by atoms with Crippen LogP contribution in [0, 0.1) is 5.92 Å². The number of allylic oxidation sites excluding steroid dienone is 2. The molecule has 0 aromatic carbocycles. The van der Waals surface area contributed by atoms with Crippen LogP contribution < -0.4 is 5.73 Å². The third kappa shape index (κ3) is 19.2. The molecule has 0 aliphatic rings. The van der Waals surface area contributed by atoms with E-state index in [0.717, 1.165) is 25.7 Å². The van der Waals surface area contributed by atoms with Crippen molar-refractivity contribution in [1.82, 2.24) is 0 Å². The van der Waals surface area contributed by atoms with E-state index in [1.807, 2.05) is 13.8 Å². The second-order valence-corrected chi connectivity index (χ2v) is 7.90. The van der Waals surface area contributed by atoms with Crippen molar-refractivity contribution in [1.29, 1.82) is 0 Å². The van der Waals surface area contributed by atoms with Gasteiger partial charge in [-0.2, -0.15) is 0 Å². The first-order chi connectivity index (χ1) is 13.0. The summed E-state index contributed by atoms with van der Waals surface area (Å²) in [5, 5.41) is 0. The molecule has 0 aromatic rings. The van der Waals surface area contributed by atoms with Crippen LogP contribution in [0.3, 0.4) is 0 Å². The van der Waals surface area contributed by atoms with Crippen molar-refractivity contribution in [3.8, 4) is 0 Å². The molecule has 0 spiro atoms. The van der Waals surface area contributed by atoms with Crippen molar-refractivity contribution in [2.45, 2.75) is 117 Å². The number of carbonyl (C=O) groups excluding carboxylic acids is 2. The minimum atomic E-state index is -0.719. The Kier molecular flexibility index (Phi) is 23.1. The van der Waals surface area contributed by atoms with E-state index in [4.69, 9.17) is 10.5 Å². The summed E-state index contributed by atoms with van der Waals surface area (Å²) in [6.07, 6.45) is 20.8. The van der Waals surface area contributed by atoms with Crippen LogP contribution in [-0.4, -0.2) is 47.5 Å². The second kappa shape index (κ2) is 21.5. The Morgan fingerprint density at radius 1 is 0.821 bits per heavy atom. The first kappa shape index (κ1) is 30.0. The number of rotatable bonds is 17. The molecule has 0 fully saturated rings. The molecule has 0 aromatic heterocycles. The second-order valence-electron chi connectivity index (χ2n) is 7.90. The maximum absolute atomic E-state index is 11.6. The summed E-state index contributed by atoms with van der Waals surface area (Å²) in [5.74, 6) is -1.08. The van der Waals surface area contributed by atoms with E-state index >= 15 is 0 Å². The molecular weight excluding hydrogens is 361 g/mol. The Labute approximate surface area is 195 Å². The van der Waals surface area contributed by atoms with Gasteiger partial charge in [0.05, 0.1) is 0 Å². The zero-order valence-corrected chi connectivity index (χ0v) is 21.0. The van der Waals surface area contributed by atoms with Crippen molar-refractivity contribution >= 4 is 41.5 Å². The zero-order chi connectivity index (χ0) is 20.3. The molecule has 0 heterocycles. The molecule has 1 radical (unpaired) electrons. The van der Waals surface area contributed by atoms with Gasteiger partial charge in [0.15, 0.2) is 0 Å². The average molecular weight is 405 g/mol. The molecule has 0 amide bonds. The topological polar surface area (TPSA) is 69.4 Å². The SMILES string of the molecule is CCCCCCCCC=CCCCCCCCC(=O)OC(=O)[C@@H](N)C(C)C.[Na]. The van der Waals surface area contributed by atoms with E-state index in [0.29, 0.717) is 6.42 Å². The van der Waals surface area contributed by atoms with Gasteiger partial charge < -0.3 is 10.5 Å². The van der Waals surface area contributed by atoms with Crippen molar-refractivity contribution in [2.75, 3.05) is 0 Å². The van der Waals surface area contributed by atoms with Crippen LogP contribution in [0.15, 0.2) is 12.2 Å². The van der Waals surface area contributed by atoms with E-state index in [-0.39, 0.29) is 35.5 Å². The Morgan fingerprint density at radius 3 is 1.79 bits per heavy atom. The first-order valence-electron chi connectivity index (χ1n) is 11.1. The summed E-state index contributed by atoms with van der Waals surface area (Å²) < 4.78 is 4.78. The van der Waals surface area contributed by atoms with E-state index in [1.165, 1.54) is 57.8 Å². The fraction of sp³-hybridized carbons (Fsp3) is 0.826. The van der Waals surface area contributed by atoms with Gasteiger partial charge >= 0.3 is 11.9 Å². The van der Waals surface area contributed by atoms with Crippen molar-refractivity contribution in [2.24, 2.45) is 11.7 Å². The monoisotopic (exact) mass is 404 g/mol. The molecular formula is C23H43NNaO3. The van der Waals surface area contributed by atoms with Crippen LogP contribution in [0.1, 0.15) is 111 Å². The summed E-state index contributed by atoms with van der Waals surface area (Å²) in [4.78, 5) is 23.2. The molecule has 159 valence electrons. The van der Waals surface area contributed by atoms with Gasteiger partial charge in [0, 0.05) is 36.0 Å². The molecule has 0 aliphatic heterocycles. The van der Waals surface area contributed by atoms with Crippen LogP contribution in [0.2, 0.25) is 0 Å². The van der Waals surface area contributed by atoms with Crippen molar-refractivity contribution in [3.63, 3.8) is 0 Å². The molecule has 4 nitrogen and oxygen atoms in total. The average Bonchev–Trinajstić information content (AvgIpc) is 2.64. The Bertz CT molecular complexity index is 411. The summed E-state index contributed by atoms with van der Waals surface area (Å²) in [6, 6.07) is -0.719. The normalized spacial score (nSPS) is 12.2. The van der Waals surface area contributed by atoms with Crippen molar-refractivity contribution in [3.05, 3.63) is 12.2 Å². The number of hydrogen-bond donors (Lipinski definition) is 1. The van der Waals surface area contributed by atoms with Crippen LogP contribution in [0.25, 0.3) is 0 Å². The molecule has 0 rings (SSSR count). The third-order valence-electron chi connectivity index (χ3n) is 4.85. The Balaban J connectivity index is 0. The fourth-order valence-electron chi connectivity index (χ4n) is 2.84. The molecule has 1 atom stereocenters. The zero-order valence-electron chi connectivity index (χ0n) is 19.0. The van der Waals surface area contributed by atoms with Gasteiger partial charge in [-0.25, -0.2) is 4.79 Å². The van der Waals surface area contributed by atoms with Gasteiger partial charge in [0.1, 0.15) is 6.04 Å². The number of carbonyl (C=O) groups is 2. The molecule has 0 saturated carbocycles. The quantitative estimate of drug-likeness (QED) is 0.111. The summed E-state index contributed by atoms with van der Waals surface area (Å²) in [6.45, 7) is 5.92. The summed E-state index contributed by atoms with van der Waals surface area (Å²) >= 11 is 0. The molecule has 28 heavy (non-hydrogen) atoms. The Morgan fingerprint density at radius 2 is 1.29 bits per heavy atom.